The van der Waals surface area contributed by atoms with E-state index in [4.69, 9.17) is 10.8 Å². The van der Waals surface area contributed by atoms with Gasteiger partial charge in [0.2, 0.25) is 5.91 Å². The number of hydrogen-bond acceptors (Lipinski definition) is 5. The minimum Gasteiger partial charge on any atom is -0.465 e. The van der Waals surface area contributed by atoms with Crippen LogP contribution in [0.15, 0.2) is 48.0 Å². The van der Waals surface area contributed by atoms with E-state index in [9.17, 15) is 9.59 Å². The lowest BCUT2D eigenvalue weighted by Gasteiger charge is -2.45. The van der Waals surface area contributed by atoms with E-state index >= 15 is 0 Å². The fraction of sp³-hybridized carbons (Fsp3) is 0.407. The van der Waals surface area contributed by atoms with Crippen LogP contribution in [0.25, 0.3) is 0 Å². The van der Waals surface area contributed by atoms with Gasteiger partial charge in [-0.1, -0.05) is 37.7 Å². The number of thioether (sulfide) groups is 1. The SMILES string of the molecule is CCc1c(C(N)=O)ccc(C2CCCN(C3SC=CN3c3cccc(NC(=O)O)c3)C2C)c1CC. The number of primary amides is 1. The van der Waals surface area contributed by atoms with E-state index in [0.717, 1.165) is 43.5 Å². The molecule has 2 heterocycles. The molecule has 2 aliphatic rings. The number of benzene rings is 2. The lowest BCUT2D eigenvalue weighted by atomic mass is 9.79. The number of likely N-dealkylation sites (tertiary alicyclic amines) is 1. The molecule has 2 aromatic carbocycles. The highest BCUT2D eigenvalue weighted by Crippen LogP contribution is 2.42. The lowest BCUT2D eigenvalue weighted by Crippen LogP contribution is -2.51. The van der Waals surface area contributed by atoms with Crippen molar-refractivity contribution in [2.75, 3.05) is 16.8 Å². The molecule has 0 aliphatic carbocycles. The molecule has 1 saturated heterocycles. The van der Waals surface area contributed by atoms with Crippen molar-refractivity contribution >= 4 is 35.1 Å². The number of piperidine rings is 1. The Balaban J connectivity index is 1.63. The molecule has 2 aliphatic heterocycles. The zero-order valence-corrected chi connectivity index (χ0v) is 21.3. The monoisotopic (exact) mass is 494 g/mol. The first-order chi connectivity index (χ1) is 16.8. The number of anilines is 2. The predicted molar refractivity (Wildman–Crippen MR) is 143 cm³/mol. The molecule has 3 atom stereocenters. The van der Waals surface area contributed by atoms with E-state index in [2.05, 4.69) is 53.6 Å². The van der Waals surface area contributed by atoms with E-state index < -0.39 is 6.09 Å². The van der Waals surface area contributed by atoms with E-state index in [0.29, 0.717) is 23.2 Å². The first kappa shape index (κ1) is 25.1. The summed E-state index contributed by atoms with van der Waals surface area (Å²) in [7, 11) is 0. The number of nitrogens with zero attached hydrogens (tertiary/aromatic N) is 2. The molecule has 186 valence electrons. The summed E-state index contributed by atoms with van der Waals surface area (Å²) in [4.78, 5) is 27.9. The molecular weight excluding hydrogens is 460 g/mol. The summed E-state index contributed by atoms with van der Waals surface area (Å²) < 4.78 is 0. The van der Waals surface area contributed by atoms with Crippen LogP contribution in [0, 0.1) is 0 Å². The number of carbonyl (C=O) groups excluding carboxylic acids is 1. The molecule has 3 unspecified atom stereocenters. The maximum Gasteiger partial charge on any atom is 0.409 e. The van der Waals surface area contributed by atoms with Crippen LogP contribution < -0.4 is 16.0 Å². The topological polar surface area (TPSA) is 98.9 Å². The molecule has 2 amide bonds. The average molecular weight is 495 g/mol. The Bertz CT molecular complexity index is 1140. The highest BCUT2D eigenvalue weighted by atomic mass is 32.2. The summed E-state index contributed by atoms with van der Waals surface area (Å²) in [6, 6.07) is 11.8. The quantitative estimate of drug-likeness (QED) is 0.465. The number of carbonyl (C=O) groups is 2. The average Bonchev–Trinajstić information content (AvgIpc) is 3.32. The molecule has 0 aromatic heterocycles. The number of hydrogen-bond donors (Lipinski definition) is 3. The second-order valence-electron chi connectivity index (χ2n) is 9.09. The van der Waals surface area contributed by atoms with Crippen LogP contribution in [-0.2, 0) is 12.8 Å². The largest absolute Gasteiger partial charge is 0.465 e. The smallest absolute Gasteiger partial charge is 0.409 e. The van der Waals surface area contributed by atoms with Crippen LogP contribution in [0.2, 0.25) is 0 Å². The van der Waals surface area contributed by atoms with E-state index in [1.54, 1.807) is 17.8 Å². The van der Waals surface area contributed by atoms with Crippen LogP contribution in [0.4, 0.5) is 16.2 Å². The number of carboxylic acid groups (broad SMARTS) is 1. The van der Waals surface area contributed by atoms with Gasteiger partial charge in [-0.25, -0.2) is 4.79 Å². The first-order valence-electron chi connectivity index (χ1n) is 12.3. The van der Waals surface area contributed by atoms with Gasteiger partial charge in [-0.05, 0) is 84.9 Å². The summed E-state index contributed by atoms with van der Waals surface area (Å²) in [6.45, 7) is 7.54. The highest BCUT2D eigenvalue weighted by molar-refractivity contribution is 8.03. The van der Waals surface area contributed by atoms with Crippen molar-refractivity contribution < 1.29 is 14.7 Å². The molecular formula is C27H34N4O3S. The van der Waals surface area contributed by atoms with Gasteiger partial charge in [0, 0.05) is 35.7 Å². The first-order valence-corrected chi connectivity index (χ1v) is 13.2. The van der Waals surface area contributed by atoms with Gasteiger partial charge in [-0.3, -0.25) is 15.0 Å². The van der Waals surface area contributed by atoms with Gasteiger partial charge in [0.25, 0.3) is 0 Å². The van der Waals surface area contributed by atoms with Crippen LogP contribution in [0.3, 0.4) is 0 Å². The highest BCUT2D eigenvalue weighted by Gasteiger charge is 2.38. The van der Waals surface area contributed by atoms with Crippen molar-refractivity contribution in [2.24, 2.45) is 5.73 Å². The second-order valence-corrected chi connectivity index (χ2v) is 10.1. The van der Waals surface area contributed by atoms with Gasteiger partial charge in [0.15, 0.2) is 0 Å². The van der Waals surface area contributed by atoms with Crippen LogP contribution in [0.1, 0.15) is 66.6 Å². The normalized spacial score (nSPS) is 22.4. The van der Waals surface area contributed by atoms with Crippen molar-refractivity contribution in [3.63, 3.8) is 0 Å². The van der Waals surface area contributed by atoms with Crippen LogP contribution >= 0.6 is 11.8 Å². The molecule has 0 saturated carbocycles. The fourth-order valence-corrected chi connectivity index (χ4v) is 6.76. The Labute approximate surface area is 211 Å². The molecule has 7 nitrogen and oxygen atoms in total. The lowest BCUT2D eigenvalue weighted by molar-refractivity contribution is 0.0999. The van der Waals surface area contributed by atoms with Gasteiger partial charge in [0.05, 0.1) is 0 Å². The minimum absolute atomic E-state index is 0.0912. The third kappa shape index (κ3) is 5.04. The van der Waals surface area contributed by atoms with Gasteiger partial charge in [-0.15, -0.1) is 0 Å². The Morgan fingerprint density at radius 2 is 1.94 bits per heavy atom. The molecule has 0 spiro atoms. The van der Waals surface area contributed by atoms with E-state index in [-0.39, 0.29) is 11.4 Å². The third-order valence-electron chi connectivity index (χ3n) is 7.22. The fourth-order valence-electron chi connectivity index (χ4n) is 5.64. The Kier molecular flexibility index (Phi) is 7.72. The van der Waals surface area contributed by atoms with Crippen molar-refractivity contribution in [3.8, 4) is 0 Å². The molecule has 4 rings (SSSR count). The van der Waals surface area contributed by atoms with Crippen molar-refractivity contribution in [2.45, 2.75) is 63.9 Å². The van der Waals surface area contributed by atoms with Crippen molar-refractivity contribution in [3.05, 3.63) is 70.3 Å². The van der Waals surface area contributed by atoms with Gasteiger partial charge in [0.1, 0.15) is 5.50 Å². The van der Waals surface area contributed by atoms with Crippen LogP contribution in [0.5, 0.6) is 0 Å². The molecule has 35 heavy (non-hydrogen) atoms. The van der Waals surface area contributed by atoms with Gasteiger partial charge in [-0.2, -0.15) is 0 Å². The number of amides is 2. The standard InChI is InChI=1S/C27H34N4O3S/c1-4-20-21(5-2)24(25(28)32)12-11-23(20)22-10-7-13-30(17(22)3)27-31(14-15-35-27)19-9-6-8-18(16-19)29-26(33)34/h6,8-9,11-12,14-17,22,27,29H,4-5,7,10,13H2,1-3H3,(H2,28,32)(H,33,34). The summed E-state index contributed by atoms with van der Waals surface area (Å²) >= 11 is 1.77. The number of rotatable bonds is 7. The number of nitrogens with two attached hydrogens (primary N) is 1. The maximum absolute atomic E-state index is 12.0. The molecule has 1 fully saturated rings. The summed E-state index contributed by atoms with van der Waals surface area (Å²) in [5.74, 6) is -0.000836. The zero-order chi connectivity index (χ0) is 25.1. The molecule has 4 N–H and O–H groups in total. The Hall–Kier alpha value is -2.97. The summed E-state index contributed by atoms with van der Waals surface area (Å²) in [5.41, 5.74) is 11.6. The molecule has 2 aromatic rings. The third-order valence-corrected chi connectivity index (χ3v) is 8.24. The van der Waals surface area contributed by atoms with Gasteiger partial charge >= 0.3 is 6.09 Å². The Morgan fingerprint density at radius 1 is 1.17 bits per heavy atom. The summed E-state index contributed by atoms with van der Waals surface area (Å²) in [5, 5.41) is 13.7. The molecule has 0 bridgehead atoms. The molecule has 8 heteroatoms. The van der Waals surface area contributed by atoms with Gasteiger partial charge < -0.3 is 15.7 Å². The Morgan fingerprint density at radius 3 is 2.63 bits per heavy atom. The van der Waals surface area contributed by atoms with Crippen molar-refractivity contribution in [1.29, 1.82) is 0 Å². The summed E-state index contributed by atoms with van der Waals surface area (Å²) in [6.07, 6.45) is 4.85. The van der Waals surface area contributed by atoms with E-state index in [1.807, 2.05) is 24.3 Å². The minimum atomic E-state index is -1.07. The van der Waals surface area contributed by atoms with E-state index in [1.165, 1.54) is 11.1 Å². The molecule has 0 radical (unpaired) electrons. The predicted octanol–water partition coefficient (Wildman–Crippen LogP) is 5.58. The number of nitrogens with one attached hydrogen (secondary N) is 1. The second kappa shape index (κ2) is 10.7. The zero-order valence-electron chi connectivity index (χ0n) is 20.5. The maximum atomic E-state index is 12.0. The van der Waals surface area contributed by atoms with Crippen LogP contribution in [-0.4, -0.2) is 40.1 Å². The van der Waals surface area contributed by atoms with Crippen molar-refractivity contribution in [1.82, 2.24) is 4.90 Å².